The van der Waals surface area contributed by atoms with E-state index >= 15 is 0 Å². The smallest absolute Gasteiger partial charge is 0.335 e. The number of urea groups is 1. The van der Waals surface area contributed by atoms with Crippen LogP contribution in [0.25, 0.3) is 6.08 Å². The molecule has 1 heterocycles. The number of anilines is 1. The highest BCUT2D eigenvalue weighted by molar-refractivity contribution is 6.39. The molecule has 1 aliphatic rings. The minimum Gasteiger partial charge on any atom is -0.489 e. The maximum Gasteiger partial charge on any atom is 0.335 e. The number of carbonyl (C=O) groups excluding carboxylic acids is 3. The standard InChI is InChI=1S/C26H20Cl2N2O4/c1-15-3-10-23(16(2)11-15)30-25(32)21(24(31)29-26(30)33)12-17-4-8-20(9-5-17)34-14-18-6-7-19(27)13-22(18)28/h3-13H,14H2,1-2H3,(H,29,31,33)/b21-12+. The average molecular weight is 495 g/mol. The number of hydrogen-bond donors (Lipinski definition) is 1. The molecule has 4 amide bonds. The van der Waals surface area contributed by atoms with E-state index in [9.17, 15) is 14.4 Å². The number of amides is 4. The van der Waals surface area contributed by atoms with E-state index in [1.54, 1.807) is 61.5 Å². The summed E-state index contributed by atoms with van der Waals surface area (Å²) >= 11 is 12.1. The molecule has 1 N–H and O–H groups in total. The normalized spacial score (nSPS) is 15.0. The van der Waals surface area contributed by atoms with Gasteiger partial charge in [-0.3, -0.25) is 14.9 Å². The maximum absolute atomic E-state index is 13.1. The Morgan fingerprint density at radius 2 is 1.68 bits per heavy atom. The number of nitrogens with zero attached hydrogens (tertiary/aromatic N) is 1. The predicted molar refractivity (Wildman–Crippen MR) is 132 cm³/mol. The number of ether oxygens (including phenoxy) is 1. The van der Waals surface area contributed by atoms with Gasteiger partial charge in [-0.15, -0.1) is 0 Å². The molecule has 1 aliphatic heterocycles. The lowest BCUT2D eigenvalue weighted by Crippen LogP contribution is -2.54. The number of imide groups is 2. The van der Waals surface area contributed by atoms with E-state index in [0.29, 0.717) is 27.0 Å². The van der Waals surface area contributed by atoms with Gasteiger partial charge in [-0.05, 0) is 61.4 Å². The number of halogens is 2. The summed E-state index contributed by atoms with van der Waals surface area (Å²) in [7, 11) is 0. The molecule has 1 saturated heterocycles. The molecule has 8 heteroatoms. The highest BCUT2D eigenvalue weighted by Gasteiger charge is 2.37. The molecule has 0 atom stereocenters. The lowest BCUT2D eigenvalue weighted by atomic mass is 10.0. The summed E-state index contributed by atoms with van der Waals surface area (Å²) in [5, 5.41) is 3.30. The molecule has 6 nitrogen and oxygen atoms in total. The van der Waals surface area contributed by atoms with Crippen LogP contribution in [-0.2, 0) is 16.2 Å². The van der Waals surface area contributed by atoms with Crippen molar-refractivity contribution in [2.45, 2.75) is 20.5 Å². The van der Waals surface area contributed by atoms with Gasteiger partial charge in [-0.1, -0.05) is 59.1 Å². The van der Waals surface area contributed by atoms with Crippen LogP contribution in [0.4, 0.5) is 10.5 Å². The molecule has 0 spiro atoms. The molecule has 0 aromatic heterocycles. The van der Waals surface area contributed by atoms with Gasteiger partial charge in [0.15, 0.2) is 0 Å². The number of carbonyl (C=O) groups is 3. The van der Waals surface area contributed by atoms with Crippen LogP contribution < -0.4 is 15.0 Å². The molecule has 1 fully saturated rings. The van der Waals surface area contributed by atoms with Crippen molar-refractivity contribution in [1.29, 1.82) is 0 Å². The first kappa shape index (κ1) is 23.5. The first-order valence-electron chi connectivity index (χ1n) is 10.4. The fourth-order valence-corrected chi connectivity index (χ4v) is 4.02. The second-order valence-corrected chi connectivity index (χ2v) is 8.68. The third kappa shape index (κ3) is 4.98. The van der Waals surface area contributed by atoms with Crippen LogP contribution in [0.15, 0.2) is 66.2 Å². The SMILES string of the molecule is Cc1ccc(N2C(=O)NC(=O)/C(=C\c3ccc(OCc4ccc(Cl)cc4Cl)cc3)C2=O)c(C)c1. The van der Waals surface area contributed by atoms with Crippen LogP contribution >= 0.6 is 23.2 Å². The molecule has 3 aromatic rings. The summed E-state index contributed by atoms with van der Waals surface area (Å²) in [6.45, 7) is 3.98. The Bertz CT molecular complexity index is 1330. The monoisotopic (exact) mass is 494 g/mol. The van der Waals surface area contributed by atoms with E-state index in [2.05, 4.69) is 5.32 Å². The highest BCUT2D eigenvalue weighted by Crippen LogP contribution is 2.27. The van der Waals surface area contributed by atoms with Crippen LogP contribution in [0.1, 0.15) is 22.3 Å². The van der Waals surface area contributed by atoms with Crippen LogP contribution in [-0.4, -0.2) is 17.8 Å². The van der Waals surface area contributed by atoms with Crippen molar-refractivity contribution in [3.63, 3.8) is 0 Å². The van der Waals surface area contributed by atoms with Crippen molar-refractivity contribution < 1.29 is 19.1 Å². The summed E-state index contributed by atoms with van der Waals surface area (Å²) in [6.07, 6.45) is 1.44. The Kier molecular flexibility index (Phi) is 6.72. The van der Waals surface area contributed by atoms with Crippen molar-refractivity contribution in [1.82, 2.24) is 5.32 Å². The fourth-order valence-electron chi connectivity index (χ4n) is 3.56. The molecule has 0 unspecified atom stereocenters. The van der Waals surface area contributed by atoms with Gasteiger partial charge in [0, 0.05) is 15.6 Å². The lowest BCUT2D eigenvalue weighted by Gasteiger charge is -2.27. The van der Waals surface area contributed by atoms with Crippen molar-refractivity contribution >= 4 is 52.8 Å². The number of benzene rings is 3. The van der Waals surface area contributed by atoms with Crippen molar-refractivity contribution in [3.05, 3.63) is 98.5 Å². The minimum atomic E-state index is -0.774. The van der Waals surface area contributed by atoms with Crippen molar-refractivity contribution in [2.75, 3.05) is 4.90 Å². The summed E-state index contributed by atoms with van der Waals surface area (Å²) in [5.41, 5.74) is 3.43. The Morgan fingerprint density at radius 3 is 2.35 bits per heavy atom. The zero-order valence-corrected chi connectivity index (χ0v) is 19.9. The molecule has 0 bridgehead atoms. The quantitative estimate of drug-likeness (QED) is 0.356. The third-order valence-corrected chi connectivity index (χ3v) is 5.88. The van der Waals surface area contributed by atoms with Crippen LogP contribution in [0.3, 0.4) is 0 Å². The third-order valence-electron chi connectivity index (χ3n) is 5.30. The maximum atomic E-state index is 13.1. The molecule has 0 radical (unpaired) electrons. The molecule has 0 aliphatic carbocycles. The second-order valence-electron chi connectivity index (χ2n) is 7.84. The number of barbiturate groups is 1. The molecule has 34 heavy (non-hydrogen) atoms. The van der Waals surface area contributed by atoms with E-state index in [-0.39, 0.29) is 12.2 Å². The molecular formula is C26H20Cl2N2O4. The first-order chi connectivity index (χ1) is 16.2. The zero-order valence-electron chi connectivity index (χ0n) is 18.4. The molecule has 172 valence electrons. The van der Waals surface area contributed by atoms with E-state index in [4.69, 9.17) is 27.9 Å². The summed E-state index contributed by atoms with van der Waals surface area (Å²) in [4.78, 5) is 38.9. The lowest BCUT2D eigenvalue weighted by molar-refractivity contribution is -0.122. The van der Waals surface area contributed by atoms with E-state index in [1.807, 2.05) is 13.0 Å². The Morgan fingerprint density at radius 1 is 0.941 bits per heavy atom. The van der Waals surface area contributed by atoms with Gasteiger partial charge >= 0.3 is 6.03 Å². The van der Waals surface area contributed by atoms with Crippen molar-refractivity contribution in [3.8, 4) is 5.75 Å². The first-order valence-corrected chi connectivity index (χ1v) is 11.1. The van der Waals surface area contributed by atoms with Gasteiger partial charge in [0.25, 0.3) is 11.8 Å². The fraction of sp³-hybridized carbons (Fsp3) is 0.115. The molecular weight excluding hydrogens is 475 g/mol. The van der Waals surface area contributed by atoms with Gasteiger partial charge in [0.1, 0.15) is 17.9 Å². The molecule has 0 saturated carbocycles. The van der Waals surface area contributed by atoms with Gasteiger partial charge in [0.05, 0.1) is 5.69 Å². The van der Waals surface area contributed by atoms with Crippen molar-refractivity contribution in [2.24, 2.45) is 0 Å². The zero-order chi connectivity index (χ0) is 24.4. The van der Waals surface area contributed by atoms with Crippen LogP contribution in [0.5, 0.6) is 5.75 Å². The van der Waals surface area contributed by atoms with E-state index in [1.165, 1.54) is 6.08 Å². The topological polar surface area (TPSA) is 75.7 Å². The number of aryl methyl sites for hydroxylation is 2. The molecule has 4 rings (SSSR count). The summed E-state index contributed by atoms with van der Waals surface area (Å²) < 4.78 is 5.76. The Labute approximate surface area is 206 Å². The second kappa shape index (κ2) is 9.71. The predicted octanol–water partition coefficient (Wildman–Crippen LogP) is 5.86. The van der Waals surface area contributed by atoms with E-state index < -0.39 is 17.8 Å². The Hall–Kier alpha value is -3.61. The van der Waals surface area contributed by atoms with E-state index in [0.717, 1.165) is 21.6 Å². The van der Waals surface area contributed by atoms with Gasteiger partial charge in [0.2, 0.25) is 0 Å². The summed E-state index contributed by atoms with van der Waals surface area (Å²) in [6, 6.07) is 16.6. The highest BCUT2D eigenvalue weighted by atomic mass is 35.5. The largest absolute Gasteiger partial charge is 0.489 e. The average Bonchev–Trinajstić information content (AvgIpc) is 2.78. The Balaban J connectivity index is 1.53. The van der Waals surface area contributed by atoms with Crippen LogP contribution in [0.2, 0.25) is 10.0 Å². The minimum absolute atomic E-state index is 0.138. The van der Waals surface area contributed by atoms with Crippen LogP contribution in [0, 0.1) is 13.8 Å². The number of rotatable bonds is 5. The molecule has 3 aromatic carbocycles. The van der Waals surface area contributed by atoms with Gasteiger partial charge in [-0.25, -0.2) is 9.69 Å². The van der Waals surface area contributed by atoms with Gasteiger partial charge < -0.3 is 4.74 Å². The van der Waals surface area contributed by atoms with Gasteiger partial charge in [-0.2, -0.15) is 0 Å². The summed E-state index contributed by atoms with van der Waals surface area (Å²) in [5.74, 6) is -0.841. The number of hydrogen-bond acceptors (Lipinski definition) is 4. The number of nitrogens with one attached hydrogen (secondary N) is 1.